The molecule has 1 aromatic heterocycles. The second-order valence-corrected chi connectivity index (χ2v) is 5.27. The highest BCUT2D eigenvalue weighted by Crippen LogP contribution is 2.23. The van der Waals surface area contributed by atoms with Gasteiger partial charge in [0.1, 0.15) is 6.04 Å². The number of carbonyl (C=O) groups excluding carboxylic acids is 2. The number of amides is 1. The number of anilines is 1. The summed E-state index contributed by atoms with van der Waals surface area (Å²) < 4.78 is 9.48. The molecule has 0 bridgehead atoms. The molecule has 1 unspecified atom stereocenters. The molecule has 0 saturated carbocycles. The van der Waals surface area contributed by atoms with Gasteiger partial charge in [0.05, 0.1) is 13.7 Å². The summed E-state index contributed by atoms with van der Waals surface area (Å²) in [5.74, 6) is -0.640. The molecule has 2 N–H and O–H groups in total. The van der Waals surface area contributed by atoms with Crippen LogP contribution < -0.4 is 10.6 Å². The lowest BCUT2D eigenvalue weighted by Gasteiger charge is -2.12. The number of aryl methyl sites for hydroxylation is 1. The number of nitrogens with zero attached hydrogens (tertiary/aromatic N) is 1. The number of thiazole rings is 1. The number of rotatable bonds is 7. The molecule has 8 heteroatoms. The second-order valence-electron chi connectivity index (χ2n) is 4.07. The van der Waals surface area contributed by atoms with Crippen LogP contribution in [0.1, 0.15) is 22.3 Å². The summed E-state index contributed by atoms with van der Waals surface area (Å²) in [4.78, 5) is 28.1. The SMILES string of the molecule is COCCNC(=O)C(C)Nc1nc(C(=O)OC)c(C)s1. The highest BCUT2D eigenvalue weighted by atomic mass is 32.1. The molecule has 1 atom stereocenters. The summed E-state index contributed by atoms with van der Waals surface area (Å²) in [5, 5.41) is 6.18. The number of hydrogen-bond acceptors (Lipinski definition) is 7. The maximum absolute atomic E-state index is 11.8. The Bertz CT molecular complexity index is 475. The Morgan fingerprint density at radius 2 is 2.10 bits per heavy atom. The van der Waals surface area contributed by atoms with Crippen molar-refractivity contribution < 1.29 is 19.1 Å². The van der Waals surface area contributed by atoms with Crippen molar-refractivity contribution in [1.82, 2.24) is 10.3 Å². The first kappa shape index (κ1) is 16.4. The van der Waals surface area contributed by atoms with Crippen LogP contribution in [0.3, 0.4) is 0 Å². The monoisotopic (exact) mass is 301 g/mol. The molecule has 0 fully saturated rings. The second kappa shape index (κ2) is 7.81. The van der Waals surface area contributed by atoms with Crippen LogP contribution in [0.15, 0.2) is 0 Å². The highest BCUT2D eigenvalue weighted by molar-refractivity contribution is 7.15. The van der Waals surface area contributed by atoms with Crippen LogP contribution in [-0.4, -0.2) is 50.3 Å². The number of esters is 1. The zero-order valence-electron chi connectivity index (χ0n) is 12.0. The molecule has 0 saturated heterocycles. The van der Waals surface area contributed by atoms with Crippen molar-refractivity contribution in [2.45, 2.75) is 19.9 Å². The molecule has 1 amide bonds. The zero-order valence-corrected chi connectivity index (χ0v) is 12.8. The molecule has 0 aliphatic heterocycles. The molecule has 0 aliphatic rings. The van der Waals surface area contributed by atoms with Crippen molar-refractivity contribution in [3.63, 3.8) is 0 Å². The van der Waals surface area contributed by atoms with Crippen LogP contribution in [0.2, 0.25) is 0 Å². The Morgan fingerprint density at radius 1 is 1.40 bits per heavy atom. The van der Waals surface area contributed by atoms with Gasteiger partial charge in [-0.3, -0.25) is 4.79 Å². The third kappa shape index (κ3) is 4.46. The molecule has 1 heterocycles. The number of hydrogen-bond donors (Lipinski definition) is 2. The van der Waals surface area contributed by atoms with Gasteiger partial charge in [-0.1, -0.05) is 0 Å². The predicted octanol–water partition coefficient (Wildman–Crippen LogP) is 0.801. The summed E-state index contributed by atoms with van der Waals surface area (Å²) in [6.07, 6.45) is 0. The van der Waals surface area contributed by atoms with E-state index < -0.39 is 12.0 Å². The van der Waals surface area contributed by atoms with Crippen molar-refractivity contribution in [3.05, 3.63) is 10.6 Å². The molecule has 1 rings (SSSR count). The first-order chi connectivity index (χ1) is 9.49. The van der Waals surface area contributed by atoms with E-state index in [0.717, 1.165) is 4.88 Å². The first-order valence-electron chi connectivity index (χ1n) is 6.08. The number of ether oxygens (including phenoxy) is 2. The molecule has 0 radical (unpaired) electrons. The van der Waals surface area contributed by atoms with Gasteiger partial charge >= 0.3 is 5.97 Å². The van der Waals surface area contributed by atoms with Crippen molar-refractivity contribution in [2.24, 2.45) is 0 Å². The van der Waals surface area contributed by atoms with E-state index in [0.29, 0.717) is 18.3 Å². The predicted molar refractivity (Wildman–Crippen MR) is 76.2 cm³/mol. The topological polar surface area (TPSA) is 89.5 Å². The molecule has 1 aromatic rings. The average Bonchev–Trinajstić information content (AvgIpc) is 2.78. The third-order valence-electron chi connectivity index (χ3n) is 2.51. The molecule has 0 spiro atoms. The Labute approximate surface area is 121 Å². The minimum atomic E-state index is -0.482. The lowest BCUT2D eigenvalue weighted by molar-refractivity contribution is -0.121. The van der Waals surface area contributed by atoms with Gasteiger partial charge in [0.15, 0.2) is 10.8 Å². The normalized spacial score (nSPS) is 11.8. The zero-order chi connectivity index (χ0) is 15.1. The Kier molecular flexibility index (Phi) is 6.40. The molecule has 20 heavy (non-hydrogen) atoms. The Morgan fingerprint density at radius 3 is 2.70 bits per heavy atom. The fourth-order valence-electron chi connectivity index (χ4n) is 1.42. The first-order valence-corrected chi connectivity index (χ1v) is 6.90. The summed E-state index contributed by atoms with van der Waals surface area (Å²) in [7, 11) is 2.88. The van der Waals surface area contributed by atoms with Crippen molar-refractivity contribution in [1.29, 1.82) is 0 Å². The fraction of sp³-hybridized carbons (Fsp3) is 0.583. The molecule has 0 aliphatic carbocycles. The summed E-state index contributed by atoms with van der Waals surface area (Å²) in [6.45, 7) is 4.40. The van der Waals surface area contributed by atoms with Crippen LogP contribution in [-0.2, 0) is 14.3 Å². The van der Waals surface area contributed by atoms with Gasteiger partial charge in [-0.25, -0.2) is 9.78 Å². The minimum absolute atomic E-state index is 0.158. The summed E-state index contributed by atoms with van der Waals surface area (Å²) in [5.41, 5.74) is 0.270. The van der Waals surface area contributed by atoms with Crippen LogP contribution >= 0.6 is 11.3 Å². The van der Waals surface area contributed by atoms with Crippen LogP contribution in [0, 0.1) is 6.92 Å². The molecule has 0 aromatic carbocycles. The summed E-state index contributed by atoms with van der Waals surface area (Å²) >= 11 is 1.30. The highest BCUT2D eigenvalue weighted by Gasteiger charge is 2.18. The largest absolute Gasteiger partial charge is 0.464 e. The lowest BCUT2D eigenvalue weighted by Crippen LogP contribution is -2.39. The maximum atomic E-state index is 11.8. The van der Waals surface area contributed by atoms with E-state index in [4.69, 9.17) is 4.74 Å². The molecular formula is C12H19N3O4S. The van der Waals surface area contributed by atoms with E-state index in [1.165, 1.54) is 18.4 Å². The standard InChI is InChI=1S/C12H19N3O4S/c1-7(10(16)13-5-6-18-3)14-12-15-9(8(2)20-12)11(17)19-4/h7H,5-6H2,1-4H3,(H,13,16)(H,14,15). The van der Waals surface area contributed by atoms with Crippen LogP contribution in [0.5, 0.6) is 0 Å². The van der Waals surface area contributed by atoms with E-state index >= 15 is 0 Å². The smallest absolute Gasteiger partial charge is 0.357 e. The summed E-state index contributed by atoms with van der Waals surface area (Å²) in [6, 6.07) is -0.456. The van der Waals surface area contributed by atoms with E-state index in [9.17, 15) is 9.59 Å². The number of methoxy groups -OCH3 is 2. The van der Waals surface area contributed by atoms with Crippen LogP contribution in [0.4, 0.5) is 5.13 Å². The molecule has 112 valence electrons. The molecular weight excluding hydrogens is 282 g/mol. The van der Waals surface area contributed by atoms with Crippen molar-refractivity contribution in [2.75, 3.05) is 32.7 Å². The fourth-order valence-corrected chi connectivity index (χ4v) is 2.31. The van der Waals surface area contributed by atoms with Gasteiger partial charge in [-0.15, -0.1) is 11.3 Å². The van der Waals surface area contributed by atoms with Gasteiger partial charge in [-0.2, -0.15) is 0 Å². The maximum Gasteiger partial charge on any atom is 0.357 e. The quantitative estimate of drug-likeness (QED) is 0.572. The number of aromatic nitrogens is 1. The number of carbonyl (C=O) groups is 2. The van der Waals surface area contributed by atoms with Gasteiger partial charge in [-0.05, 0) is 13.8 Å². The van der Waals surface area contributed by atoms with E-state index in [-0.39, 0.29) is 11.6 Å². The Balaban J connectivity index is 2.60. The van der Waals surface area contributed by atoms with Gasteiger partial charge < -0.3 is 20.1 Å². The van der Waals surface area contributed by atoms with Gasteiger partial charge in [0, 0.05) is 18.5 Å². The van der Waals surface area contributed by atoms with Crippen molar-refractivity contribution in [3.8, 4) is 0 Å². The third-order valence-corrected chi connectivity index (χ3v) is 3.42. The van der Waals surface area contributed by atoms with Gasteiger partial charge in [0.25, 0.3) is 0 Å². The lowest BCUT2D eigenvalue weighted by atomic mass is 10.3. The van der Waals surface area contributed by atoms with E-state index in [2.05, 4.69) is 20.4 Å². The number of nitrogens with one attached hydrogen (secondary N) is 2. The molecule has 7 nitrogen and oxygen atoms in total. The van der Waals surface area contributed by atoms with Crippen molar-refractivity contribution >= 4 is 28.3 Å². The minimum Gasteiger partial charge on any atom is -0.464 e. The van der Waals surface area contributed by atoms with E-state index in [1.807, 2.05) is 0 Å². The average molecular weight is 301 g/mol. The van der Waals surface area contributed by atoms with Crippen LogP contribution in [0.25, 0.3) is 0 Å². The van der Waals surface area contributed by atoms with Gasteiger partial charge in [0.2, 0.25) is 5.91 Å². The van der Waals surface area contributed by atoms with E-state index in [1.54, 1.807) is 21.0 Å². The Hall–Kier alpha value is -1.67.